The van der Waals surface area contributed by atoms with Gasteiger partial charge in [0, 0.05) is 6.07 Å². The lowest BCUT2D eigenvalue weighted by Gasteiger charge is -2.17. The summed E-state index contributed by atoms with van der Waals surface area (Å²) in [5.74, 6) is -2.91. The van der Waals surface area contributed by atoms with Crippen molar-refractivity contribution in [2.75, 3.05) is 4.90 Å². The molecule has 1 heterocycles. The molecule has 2 bridgehead atoms. The zero-order valence-electron chi connectivity index (χ0n) is 10.4. The van der Waals surface area contributed by atoms with Crippen LogP contribution in [0.15, 0.2) is 30.4 Å². The SMILES string of the molecule is O=C1[C@@H]2[C@@H](C(=O)N1c1cc(F)ccc1F)[C@H]1C=C[C@H]2C1. The Morgan fingerprint density at radius 1 is 1.00 bits per heavy atom. The highest BCUT2D eigenvalue weighted by atomic mass is 19.1. The summed E-state index contributed by atoms with van der Waals surface area (Å²) >= 11 is 0. The predicted molar refractivity (Wildman–Crippen MR) is 66.6 cm³/mol. The maximum atomic E-state index is 13.8. The lowest BCUT2D eigenvalue weighted by Crippen LogP contribution is -2.33. The lowest BCUT2D eigenvalue weighted by molar-refractivity contribution is -0.123. The van der Waals surface area contributed by atoms with E-state index in [0.717, 1.165) is 29.5 Å². The Morgan fingerprint density at radius 2 is 1.60 bits per heavy atom. The van der Waals surface area contributed by atoms with Gasteiger partial charge in [-0.15, -0.1) is 0 Å². The highest BCUT2D eigenvalue weighted by Crippen LogP contribution is 2.53. The number of fused-ring (bicyclic) bond motifs is 5. The van der Waals surface area contributed by atoms with Crippen molar-refractivity contribution in [1.29, 1.82) is 0 Å². The summed E-state index contributed by atoms with van der Waals surface area (Å²) in [6, 6.07) is 2.81. The van der Waals surface area contributed by atoms with E-state index in [4.69, 9.17) is 0 Å². The van der Waals surface area contributed by atoms with Crippen LogP contribution in [-0.4, -0.2) is 11.8 Å². The lowest BCUT2D eigenvalue weighted by atomic mass is 9.85. The van der Waals surface area contributed by atoms with Gasteiger partial charge in [-0.2, -0.15) is 0 Å². The van der Waals surface area contributed by atoms with Crippen molar-refractivity contribution in [2.24, 2.45) is 23.7 Å². The van der Waals surface area contributed by atoms with Crippen LogP contribution < -0.4 is 4.90 Å². The van der Waals surface area contributed by atoms with Crippen LogP contribution in [0.1, 0.15) is 6.42 Å². The van der Waals surface area contributed by atoms with Crippen molar-refractivity contribution >= 4 is 17.5 Å². The normalized spacial score (nSPS) is 34.2. The van der Waals surface area contributed by atoms with Crippen LogP contribution in [0.5, 0.6) is 0 Å². The number of nitrogens with zero attached hydrogens (tertiary/aromatic N) is 1. The van der Waals surface area contributed by atoms with Gasteiger partial charge in [-0.05, 0) is 30.4 Å². The molecule has 0 spiro atoms. The van der Waals surface area contributed by atoms with Gasteiger partial charge in [0.05, 0.1) is 17.5 Å². The first-order chi connectivity index (χ1) is 9.58. The van der Waals surface area contributed by atoms with Gasteiger partial charge in [0.1, 0.15) is 11.6 Å². The molecule has 4 rings (SSSR count). The number of halogens is 2. The molecule has 4 atom stereocenters. The van der Waals surface area contributed by atoms with Gasteiger partial charge in [0.25, 0.3) is 0 Å². The number of allylic oxidation sites excluding steroid dienone is 2. The number of anilines is 1. The Kier molecular flexibility index (Phi) is 2.20. The number of hydrogen-bond donors (Lipinski definition) is 0. The fraction of sp³-hybridized carbons (Fsp3) is 0.333. The third-order valence-corrected chi connectivity index (χ3v) is 4.62. The number of benzene rings is 1. The van der Waals surface area contributed by atoms with Crippen LogP contribution in [0.3, 0.4) is 0 Å². The van der Waals surface area contributed by atoms with E-state index in [1.165, 1.54) is 0 Å². The zero-order valence-corrected chi connectivity index (χ0v) is 10.4. The van der Waals surface area contributed by atoms with Crippen LogP contribution >= 0.6 is 0 Å². The molecule has 1 aliphatic heterocycles. The summed E-state index contributed by atoms with van der Waals surface area (Å²) in [5, 5.41) is 0. The minimum atomic E-state index is -0.756. The molecule has 3 nitrogen and oxygen atoms in total. The Morgan fingerprint density at radius 3 is 2.20 bits per heavy atom. The minimum Gasteiger partial charge on any atom is -0.274 e. The van der Waals surface area contributed by atoms with Crippen molar-refractivity contribution in [2.45, 2.75) is 6.42 Å². The molecule has 3 aliphatic rings. The molecule has 0 N–H and O–H groups in total. The van der Waals surface area contributed by atoms with Crippen LogP contribution in [-0.2, 0) is 9.59 Å². The van der Waals surface area contributed by atoms with Crippen molar-refractivity contribution in [3.05, 3.63) is 42.0 Å². The van der Waals surface area contributed by atoms with Gasteiger partial charge in [-0.25, -0.2) is 13.7 Å². The van der Waals surface area contributed by atoms with E-state index in [1.807, 2.05) is 12.2 Å². The first-order valence-corrected chi connectivity index (χ1v) is 6.59. The third-order valence-electron chi connectivity index (χ3n) is 4.62. The molecular formula is C15H11F2NO2. The average molecular weight is 275 g/mol. The van der Waals surface area contributed by atoms with Crippen molar-refractivity contribution < 1.29 is 18.4 Å². The fourth-order valence-electron chi connectivity index (χ4n) is 3.80. The average Bonchev–Trinajstić information content (AvgIpc) is 3.08. The van der Waals surface area contributed by atoms with E-state index in [1.54, 1.807) is 0 Å². The zero-order chi connectivity index (χ0) is 14.0. The first-order valence-electron chi connectivity index (χ1n) is 6.59. The molecule has 102 valence electrons. The number of carbonyl (C=O) groups is 2. The van der Waals surface area contributed by atoms with Crippen LogP contribution in [0.4, 0.5) is 14.5 Å². The molecule has 2 aliphatic carbocycles. The highest BCUT2D eigenvalue weighted by Gasteiger charge is 2.59. The maximum Gasteiger partial charge on any atom is 0.238 e. The van der Waals surface area contributed by atoms with Crippen molar-refractivity contribution in [3.8, 4) is 0 Å². The van der Waals surface area contributed by atoms with Gasteiger partial charge in [-0.1, -0.05) is 12.2 Å². The number of hydrogen-bond acceptors (Lipinski definition) is 2. The van der Waals surface area contributed by atoms with E-state index in [2.05, 4.69) is 0 Å². The molecule has 0 radical (unpaired) electrons. The number of imide groups is 1. The summed E-state index contributed by atoms with van der Waals surface area (Å²) in [6.45, 7) is 0. The molecule has 0 aromatic heterocycles. The summed E-state index contributed by atoms with van der Waals surface area (Å²) in [5.41, 5.74) is -0.270. The Bertz CT molecular complexity index is 640. The van der Waals surface area contributed by atoms with E-state index >= 15 is 0 Å². The van der Waals surface area contributed by atoms with Gasteiger partial charge in [-0.3, -0.25) is 9.59 Å². The molecule has 2 fully saturated rings. The van der Waals surface area contributed by atoms with Crippen LogP contribution in [0.2, 0.25) is 0 Å². The molecule has 0 unspecified atom stereocenters. The molecule has 1 saturated heterocycles. The second kappa shape index (κ2) is 3.75. The standard InChI is InChI=1S/C15H11F2NO2/c16-9-3-4-10(17)11(6-9)18-14(19)12-7-1-2-8(5-7)13(12)15(18)20/h1-4,6-8,12-13H,5H2/t7-,8-,12-,13-/m0/s1. The Balaban J connectivity index is 1.80. The molecule has 2 amide bonds. The number of amides is 2. The van der Waals surface area contributed by atoms with E-state index in [0.29, 0.717) is 0 Å². The first kappa shape index (κ1) is 11.8. The van der Waals surface area contributed by atoms with E-state index in [-0.39, 0.29) is 17.5 Å². The Hall–Kier alpha value is -2.04. The molecule has 1 aromatic rings. The summed E-state index contributed by atoms with van der Waals surface area (Å²) in [7, 11) is 0. The smallest absolute Gasteiger partial charge is 0.238 e. The minimum absolute atomic E-state index is 0.0584. The number of carbonyl (C=O) groups excluding carboxylic acids is 2. The topological polar surface area (TPSA) is 37.4 Å². The quantitative estimate of drug-likeness (QED) is 0.582. The summed E-state index contributed by atoms with van der Waals surface area (Å²) in [6.07, 6.45) is 4.73. The Labute approximate surface area is 113 Å². The molecule has 5 heteroatoms. The van der Waals surface area contributed by atoms with Gasteiger partial charge >= 0.3 is 0 Å². The molecule has 20 heavy (non-hydrogen) atoms. The second-order valence-corrected chi connectivity index (χ2v) is 5.61. The van der Waals surface area contributed by atoms with Crippen molar-refractivity contribution in [1.82, 2.24) is 0 Å². The van der Waals surface area contributed by atoms with Gasteiger partial charge in [0.2, 0.25) is 11.8 Å². The van der Waals surface area contributed by atoms with Gasteiger partial charge in [0.15, 0.2) is 0 Å². The van der Waals surface area contributed by atoms with Crippen LogP contribution in [0, 0.1) is 35.3 Å². The number of rotatable bonds is 1. The predicted octanol–water partition coefficient (Wildman–Crippen LogP) is 2.28. The molecular weight excluding hydrogens is 264 g/mol. The molecule has 1 aromatic carbocycles. The van der Waals surface area contributed by atoms with E-state index < -0.39 is 35.3 Å². The maximum absolute atomic E-state index is 13.8. The summed E-state index contributed by atoms with van der Waals surface area (Å²) in [4.78, 5) is 25.7. The second-order valence-electron chi connectivity index (χ2n) is 5.61. The van der Waals surface area contributed by atoms with Gasteiger partial charge < -0.3 is 0 Å². The highest BCUT2D eigenvalue weighted by molar-refractivity contribution is 6.22. The summed E-state index contributed by atoms with van der Waals surface area (Å²) < 4.78 is 27.1. The van der Waals surface area contributed by atoms with E-state index in [9.17, 15) is 18.4 Å². The fourth-order valence-corrected chi connectivity index (χ4v) is 3.80. The third kappa shape index (κ3) is 1.32. The largest absolute Gasteiger partial charge is 0.274 e. The van der Waals surface area contributed by atoms with Crippen molar-refractivity contribution in [3.63, 3.8) is 0 Å². The van der Waals surface area contributed by atoms with Crippen LogP contribution in [0.25, 0.3) is 0 Å². The molecule has 1 saturated carbocycles. The monoisotopic (exact) mass is 275 g/mol.